The van der Waals surface area contributed by atoms with E-state index in [9.17, 15) is 14.7 Å². The van der Waals surface area contributed by atoms with E-state index >= 15 is 0 Å². The van der Waals surface area contributed by atoms with Crippen LogP contribution in [0.5, 0.6) is 0 Å². The van der Waals surface area contributed by atoms with Crippen LogP contribution in [-0.4, -0.2) is 52.7 Å². The van der Waals surface area contributed by atoms with Gasteiger partial charge in [-0.3, -0.25) is 18.9 Å². The molecule has 0 saturated heterocycles. The fourth-order valence-corrected chi connectivity index (χ4v) is 5.98. The van der Waals surface area contributed by atoms with Gasteiger partial charge in [0.15, 0.2) is 5.82 Å². The Bertz CT molecular complexity index is 1860. The molecule has 0 radical (unpaired) electrons. The van der Waals surface area contributed by atoms with Gasteiger partial charge in [-0.2, -0.15) is 10.1 Å². The quantitative estimate of drug-likeness (QED) is 0.210. The maximum atomic E-state index is 14.2. The minimum atomic E-state index is -0.816. The van der Waals surface area contributed by atoms with Crippen LogP contribution in [0.1, 0.15) is 75.7 Å². The maximum Gasteiger partial charge on any atom is 0.439 e. The summed E-state index contributed by atoms with van der Waals surface area (Å²) in [6, 6.07) is 15.7. The van der Waals surface area contributed by atoms with E-state index in [1.807, 2.05) is 66.9 Å². The van der Waals surface area contributed by atoms with E-state index in [2.05, 4.69) is 27.1 Å². The number of H-pyrrole nitrogens is 1. The summed E-state index contributed by atoms with van der Waals surface area (Å²) in [7, 11) is 0. The molecule has 6 rings (SSSR count). The molecule has 0 atom stereocenters. The van der Waals surface area contributed by atoms with E-state index in [0.717, 1.165) is 34.4 Å². The number of nitrogens with one attached hydrogen (secondary N) is 1. The van der Waals surface area contributed by atoms with Crippen LogP contribution in [-0.2, 0) is 17.6 Å². The van der Waals surface area contributed by atoms with Gasteiger partial charge in [0.2, 0.25) is 5.78 Å². The molecule has 1 aliphatic carbocycles. The number of benzene rings is 2. The number of aromatic amines is 1. The average Bonchev–Trinajstić information content (AvgIpc) is 3.69. The molecule has 0 spiro atoms. The van der Waals surface area contributed by atoms with Gasteiger partial charge in [-0.25, -0.2) is 9.31 Å². The van der Waals surface area contributed by atoms with Crippen molar-refractivity contribution in [1.82, 2.24) is 29.3 Å². The molecule has 5 aromatic rings. The second kappa shape index (κ2) is 12.3. The minimum absolute atomic E-state index is 0.0104. The summed E-state index contributed by atoms with van der Waals surface area (Å²) in [5.74, 6) is 0.325. The van der Waals surface area contributed by atoms with Crippen molar-refractivity contribution in [1.29, 1.82) is 0 Å². The molecule has 2 aromatic carbocycles. The summed E-state index contributed by atoms with van der Waals surface area (Å²) in [6.07, 6.45) is 6.16. The number of rotatable bonds is 12. The number of fused-ring (bicyclic) bond motifs is 1. The lowest BCUT2D eigenvalue weighted by Crippen LogP contribution is -2.43. The number of hydrogen-bond acceptors (Lipinski definition) is 8. The van der Waals surface area contributed by atoms with Crippen molar-refractivity contribution in [3.63, 3.8) is 0 Å². The maximum absolute atomic E-state index is 14.2. The Morgan fingerprint density at radius 1 is 1.05 bits per heavy atom. The summed E-state index contributed by atoms with van der Waals surface area (Å²) >= 11 is 0. The summed E-state index contributed by atoms with van der Waals surface area (Å²) in [5.41, 5.74) is 4.35. The molecule has 0 unspecified atom stereocenters. The topological polar surface area (TPSA) is 141 Å². The molecule has 11 nitrogen and oxygen atoms in total. The van der Waals surface area contributed by atoms with Crippen LogP contribution < -0.4 is 11.3 Å². The molecular formula is C33H38N6O5. The van der Waals surface area contributed by atoms with Gasteiger partial charge in [0.1, 0.15) is 6.33 Å². The highest BCUT2D eigenvalue weighted by atomic mass is 16.5. The van der Waals surface area contributed by atoms with Crippen LogP contribution in [0.2, 0.25) is 0 Å². The third kappa shape index (κ3) is 5.65. The highest BCUT2D eigenvalue weighted by Crippen LogP contribution is 2.36. The molecule has 0 aliphatic heterocycles. The van der Waals surface area contributed by atoms with Crippen LogP contribution in [0.15, 0.2) is 69.0 Å². The van der Waals surface area contributed by atoms with Gasteiger partial charge < -0.3 is 9.84 Å². The standard InChI is InChI=1S/C33H38N6O5/c1-4-9-28-27(16-21-12-14-22(15-13-21)25-10-7-8-11-26(25)29-36-32(41)44-37-29)30(40)38(31-34-20-35-39(28)31)23-17-24(18-23)43-19-33(42,5-2)6-3/h7-8,10-15,20,23-24,42H,4-6,9,16-19H2,1-3H3,(H,36,37,41)/t23-,24-. The molecule has 3 aromatic heterocycles. The number of hydrogen-bond donors (Lipinski definition) is 2. The number of aryl methyl sites for hydroxylation is 1. The molecular weight excluding hydrogens is 560 g/mol. The Balaban J connectivity index is 1.28. The lowest BCUT2D eigenvalue weighted by Gasteiger charge is -2.38. The van der Waals surface area contributed by atoms with Gasteiger partial charge in [0.25, 0.3) is 5.56 Å². The lowest BCUT2D eigenvalue weighted by molar-refractivity contribution is -0.106. The van der Waals surface area contributed by atoms with Gasteiger partial charge in [0, 0.05) is 23.6 Å². The second-order valence-electron chi connectivity index (χ2n) is 11.7. The molecule has 1 saturated carbocycles. The lowest BCUT2D eigenvalue weighted by atomic mass is 9.88. The second-order valence-corrected chi connectivity index (χ2v) is 11.7. The highest BCUT2D eigenvalue weighted by Gasteiger charge is 2.36. The SMILES string of the molecule is CCCc1c(Cc2ccc(-c3ccccc3-c3noc(=O)[nH]3)cc2)c(=O)n([C@H]2C[C@H](OCC(O)(CC)CC)C2)c2ncnn12. The first-order valence-electron chi connectivity index (χ1n) is 15.4. The van der Waals surface area contributed by atoms with E-state index in [-0.39, 0.29) is 17.7 Å². The van der Waals surface area contributed by atoms with Crippen LogP contribution in [0.25, 0.3) is 28.3 Å². The van der Waals surface area contributed by atoms with Crippen molar-refractivity contribution < 1.29 is 14.4 Å². The molecule has 2 N–H and O–H groups in total. The average molecular weight is 599 g/mol. The third-order valence-electron chi connectivity index (χ3n) is 8.92. The Kier molecular flexibility index (Phi) is 8.33. The summed E-state index contributed by atoms with van der Waals surface area (Å²) in [4.78, 5) is 32.8. The fourth-order valence-electron chi connectivity index (χ4n) is 5.98. The van der Waals surface area contributed by atoms with Crippen molar-refractivity contribution in [2.24, 2.45) is 0 Å². The first-order valence-corrected chi connectivity index (χ1v) is 15.4. The van der Waals surface area contributed by atoms with E-state index in [4.69, 9.17) is 9.26 Å². The predicted molar refractivity (Wildman–Crippen MR) is 166 cm³/mol. The van der Waals surface area contributed by atoms with E-state index in [1.165, 1.54) is 6.33 Å². The monoisotopic (exact) mass is 598 g/mol. The Hall–Kier alpha value is -4.35. The number of ether oxygens (including phenoxy) is 1. The zero-order chi connectivity index (χ0) is 30.8. The Morgan fingerprint density at radius 3 is 2.43 bits per heavy atom. The van der Waals surface area contributed by atoms with Crippen molar-refractivity contribution in [3.05, 3.63) is 92.6 Å². The molecule has 11 heteroatoms. The largest absolute Gasteiger partial charge is 0.439 e. The van der Waals surface area contributed by atoms with Gasteiger partial charge in [0.05, 0.1) is 24.0 Å². The third-order valence-corrected chi connectivity index (χ3v) is 8.92. The zero-order valence-electron chi connectivity index (χ0n) is 25.3. The van der Waals surface area contributed by atoms with Gasteiger partial charge in [-0.1, -0.05) is 80.9 Å². The highest BCUT2D eigenvalue weighted by molar-refractivity contribution is 5.80. The van der Waals surface area contributed by atoms with Crippen LogP contribution in [0.4, 0.5) is 0 Å². The normalized spacial score (nSPS) is 16.8. The number of aliphatic hydroxyl groups is 1. The molecule has 1 aliphatic rings. The predicted octanol–water partition coefficient (Wildman–Crippen LogP) is 4.72. The summed E-state index contributed by atoms with van der Waals surface area (Å²) in [5, 5.41) is 19.0. The molecule has 0 bridgehead atoms. The van der Waals surface area contributed by atoms with Gasteiger partial charge in [-0.15, -0.1) is 0 Å². The van der Waals surface area contributed by atoms with Crippen molar-refractivity contribution in [2.45, 2.75) is 83.5 Å². The van der Waals surface area contributed by atoms with Gasteiger partial charge in [-0.05, 0) is 48.8 Å². The van der Waals surface area contributed by atoms with Crippen LogP contribution in [0, 0.1) is 0 Å². The number of aromatic nitrogens is 6. The fraction of sp³-hybridized carbons (Fsp3) is 0.424. The molecule has 230 valence electrons. The first-order chi connectivity index (χ1) is 21.3. The van der Waals surface area contributed by atoms with E-state index in [1.54, 1.807) is 4.57 Å². The zero-order valence-corrected chi connectivity index (χ0v) is 25.3. The molecule has 44 heavy (non-hydrogen) atoms. The first kappa shape index (κ1) is 29.7. The van der Waals surface area contributed by atoms with Crippen molar-refractivity contribution in [2.75, 3.05) is 6.61 Å². The van der Waals surface area contributed by atoms with E-state index < -0.39 is 11.4 Å². The Labute approximate surface area is 254 Å². The summed E-state index contributed by atoms with van der Waals surface area (Å²) in [6.45, 7) is 6.32. The van der Waals surface area contributed by atoms with Crippen LogP contribution >= 0.6 is 0 Å². The molecule has 3 heterocycles. The Morgan fingerprint density at radius 2 is 1.77 bits per heavy atom. The van der Waals surface area contributed by atoms with E-state index in [0.29, 0.717) is 62.3 Å². The number of nitrogens with zero attached hydrogens (tertiary/aromatic N) is 5. The van der Waals surface area contributed by atoms with Crippen LogP contribution in [0.3, 0.4) is 0 Å². The smallest absolute Gasteiger partial charge is 0.388 e. The minimum Gasteiger partial charge on any atom is -0.388 e. The van der Waals surface area contributed by atoms with Crippen molar-refractivity contribution >= 4 is 5.78 Å². The van der Waals surface area contributed by atoms with Gasteiger partial charge >= 0.3 is 5.76 Å². The molecule has 0 amide bonds. The summed E-state index contributed by atoms with van der Waals surface area (Å²) < 4.78 is 14.4. The molecule has 1 fully saturated rings. The van der Waals surface area contributed by atoms with Crippen molar-refractivity contribution in [3.8, 4) is 22.5 Å².